The first-order valence-corrected chi connectivity index (χ1v) is 10.9. The predicted molar refractivity (Wildman–Crippen MR) is 118 cm³/mol. The van der Waals surface area contributed by atoms with Crippen molar-refractivity contribution in [3.8, 4) is 5.75 Å². The molecule has 3 aromatic rings. The van der Waals surface area contributed by atoms with Crippen LogP contribution in [0.3, 0.4) is 0 Å². The van der Waals surface area contributed by atoms with E-state index in [1.807, 2.05) is 18.2 Å². The van der Waals surface area contributed by atoms with Gasteiger partial charge < -0.3 is 19.2 Å². The number of benzene rings is 1. The summed E-state index contributed by atoms with van der Waals surface area (Å²) < 4.78 is 16.6. The molecule has 0 saturated carbocycles. The van der Waals surface area contributed by atoms with E-state index in [1.165, 1.54) is 11.1 Å². The van der Waals surface area contributed by atoms with Crippen molar-refractivity contribution in [3.63, 3.8) is 0 Å². The Balaban J connectivity index is 1.78. The van der Waals surface area contributed by atoms with E-state index in [0.29, 0.717) is 19.0 Å². The van der Waals surface area contributed by atoms with Gasteiger partial charge in [0.15, 0.2) is 5.76 Å². The molecule has 30 heavy (non-hydrogen) atoms. The molecule has 0 radical (unpaired) electrons. The number of anilines is 1. The lowest BCUT2D eigenvalue weighted by Gasteiger charge is -2.35. The summed E-state index contributed by atoms with van der Waals surface area (Å²) in [7, 11) is 1.69. The SMILES string of the molecule is CCc1cc([C@@H](c2ccccc2OC)N2CCOCC2)c(NC(=O)c2ccco2)s1. The molecule has 1 aliphatic rings. The molecule has 0 aliphatic carbocycles. The molecule has 2 aromatic heterocycles. The maximum atomic E-state index is 12.7. The zero-order valence-electron chi connectivity index (χ0n) is 17.2. The number of ether oxygens (including phenoxy) is 2. The largest absolute Gasteiger partial charge is 0.496 e. The molecular weight excluding hydrogens is 400 g/mol. The molecule has 0 spiro atoms. The monoisotopic (exact) mass is 426 g/mol. The minimum Gasteiger partial charge on any atom is -0.496 e. The van der Waals surface area contributed by atoms with E-state index in [-0.39, 0.29) is 11.9 Å². The Morgan fingerprint density at radius 3 is 2.70 bits per heavy atom. The highest BCUT2D eigenvalue weighted by Gasteiger charge is 2.30. The fourth-order valence-corrected chi connectivity index (χ4v) is 4.82. The molecule has 1 atom stereocenters. The second-order valence-electron chi connectivity index (χ2n) is 7.07. The lowest BCUT2D eigenvalue weighted by molar-refractivity contribution is 0.0237. The van der Waals surface area contributed by atoms with E-state index in [4.69, 9.17) is 13.9 Å². The van der Waals surface area contributed by atoms with E-state index in [9.17, 15) is 4.79 Å². The summed E-state index contributed by atoms with van der Waals surface area (Å²) in [5, 5.41) is 3.92. The Morgan fingerprint density at radius 2 is 2.00 bits per heavy atom. The van der Waals surface area contributed by atoms with Crippen LogP contribution < -0.4 is 10.1 Å². The second kappa shape index (κ2) is 9.47. The van der Waals surface area contributed by atoms with Crippen LogP contribution in [0.1, 0.15) is 39.5 Å². The molecule has 1 fully saturated rings. The number of carbonyl (C=O) groups excluding carboxylic acids is 1. The van der Waals surface area contributed by atoms with Gasteiger partial charge in [-0.15, -0.1) is 11.3 Å². The highest BCUT2D eigenvalue weighted by Crippen LogP contribution is 2.42. The fraction of sp³-hybridized carbons (Fsp3) is 0.348. The van der Waals surface area contributed by atoms with E-state index < -0.39 is 0 Å². The average Bonchev–Trinajstić information content (AvgIpc) is 3.46. The number of rotatable bonds is 7. The van der Waals surface area contributed by atoms with Crippen LogP contribution in [0, 0.1) is 0 Å². The molecule has 4 rings (SSSR count). The van der Waals surface area contributed by atoms with Crippen LogP contribution in [0.5, 0.6) is 5.75 Å². The first-order valence-electron chi connectivity index (χ1n) is 10.1. The van der Waals surface area contributed by atoms with Gasteiger partial charge >= 0.3 is 0 Å². The van der Waals surface area contributed by atoms with Crippen molar-refractivity contribution in [2.45, 2.75) is 19.4 Å². The number of furan rings is 1. The van der Waals surface area contributed by atoms with E-state index >= 15 is 0 Å². The third-order valence-electron chi connectivity index (χ3n) is 5.27. The van der Waals surface area contributed by atoms with Gasteiger partial charge in [-0.2, -0.15) is 0 Å². The zero-order chi connectivity index (χ0) is 20.9. The van der Waals surface area contributed by atoms with Crippen molar-refractivity contribution in [2.24, 2.45) is 0 Å². The number of amides is 1. The molecule has 1 aromatic carbocycles. The number of methoxy groups -OCH3 is 1. The number of hydrogen-bond acceptors (Lipinski definition) is 6. The van der Waals surface area contributed by atoms with Gasteiger partial charge in [0.05, 0.1) is 32.6 Å². The van der Waals surface area contributed by atoms with Gasteiger partial charge in [-0.05, 0) is 30.7 Å². The Morgan fingerprint density at radius 1 is 1.20 bits per heavy atom. The van der Waals surface area contributed by atoms with Crippen LogP contribution >= 0.6 is 11.3 Å². The van der Waals surface area contributed by atoms with Crippen molar-refractivity contribution in [1.82, 2.24) is 4.90 Å². The summed E-state index contributed by atoms with van der Waals surface area (Å²) in [6.45, 7) is 5.12. The topological polar surface area (TPSA) is 63.9 Å². The first-order chi connectivity index (χ1) is 14.7. The molecule has 1 saturated heterocycles. The smallest absolute Gasteiger partial charge is 0.291 e. The third kappa shape index (κ3) is 4.28. The number of aryl methyl sites for hydroxylation is 1. The van der Waals surface area contributed by atoms with Crippen LogP contribution in [-0.2, 0) is 11.2 Å². The molecule has 6 nitrogen and oxygen atoms in total. The van der Waals surface area contributed by atoms with Gasteiger partial charge in [0.25, 0.3) is 5.91 Å². The Kier molecular flexibility index (Phi) is 6.52. The molecule has 1 amide bonds. The van der Waals surface area contributed by atoms with E-state index in [1.54, 1.807) is 30.6 Å². The molecule has 158 valence electrons. The molecule has 1 N–H and O–H groups in total. The summed E-state index contributed by atoms with van der Waals surface area (Å²) >= 11 is 1.61. The maximum Gasteiger partial charge on any atom is 0.291 e. The first kappa shape index (κ1) is 20.7. The molecule has 7 heteroatoms. The average molecular weight is 427 g/mol. The minimum absolute atomic E-state index is 0.0477. The number of nitrogens with zero attached hydrogens (tertiary/aromatic N) is 1. The number of morpholine rings is 1. The number of thiophene rings is 1. The molecule has 0 bridgehead atoms. The van der Waals surface area contributed by atoms with Gasteiger partial charge in [-0.3, -0.25) is 9.69 Å². The molecular formula is C23H26N2O4S. The number of nitrogens with one attached hydrogen (secondary N) is 1. The van der Waals surface area contributed by atoms with Gasteiger partial charge in [0.2, 0.25) is 0 Å². The van der Waals surface area contributed by atoms with Crippen molar-refractivity contribution in [2.75, 3.05) is 38.7 Å². The van der Waals surface area contributed by atoms with Crippen molar-refractivity contribution in [3.05, 3.63) is 70.5 Å². The molecule has 1 aliphatic heterocycles. The fourth-order valence-electron chi connectivity index (χ4n) is 3.79. The van der Waals surface area contributed by atoms with Gasteiger partial charge in [-0.25, -0.2) is 0 Å². The summed E-state index contributed by atoms with van der Waals surface area (Å²) in [5.74, 6) is 0.890. The van der Waals surface area contributed by atoms with Gasteiger partial charge in [0, 0.05) is 29.1 Å². The number of carbonyl (C=O) groups is 1. The van der Waals surface area contributed by atoms with Crippen LogP contribution in [0.4, 0.5) is 5.00 Å². The lowest BCUT2D eigenvalue weighted by atomic mass is 9.96. The molecule has 3 heterocycles. The summed E-state index contributed by atoms with van der Waals surface area (Å²) in [6, 6.07) is 13.6. The summed E-state index contributed by atoms with van der Waals surface area (Å²) in [6.07, 6.45) is 2.41. The van der Waals surface area contributed by atoms with E-state index in [0.717, 1.165) is 41.4 Å². The third-order valence-corrected chi connectivity index (χ3v) is 6.48. The molecule has 0 unspecified atom stereocenters. The van der Waals surface area contributed by atoms with Crippen molar-refractivity contribution in [1.29, 1.82) is 0 Å². The van der Waals surface area contributed by atoms with Gasteiger partial charge in [0.1, 0.15) is 10.8 Å². The van der Waals surface area contributed by atoms with Crippen LogP contribution in [0.25, 0.3) is 0 Å². The normalized spacial score (nSPS) is 15.7. The van der Waals surface area contributed by atoms with Crippen molar-refractivity contribution < 1.29 is 18.7 Å². The summed E-state index contributed by atoms with van der Waals surface area (Å²) in [5.41, 5.74) is 2.15. The standard InChI is InChI=1S/C23H26N2O4S/c1-3-16-15-18(23(30-16)24-22(26)20-9-6-12-29-20)21(25-10-13-28-14-11-25)17-7-4-5-8-19(17)27-2/h4-9,12,15,21H,3,10-11,13-14H2,1-2H3,(H,24,26)/t21-/m1/s1. The van der Waals surface area contributed by atoms with Crippen LogP contribution in [-0.4, -0.2) is 44.2 Å². The zero-order valence-corrected chi connectivity index (χ0v) is 18.0. The number of hydrogen-bond donors (Lipinski definition) is 1. The quantitative estimate of drug-likeness (QED) is 0.599. The van der Waals surface area contributed by atoms with Gasteiger partial charge in [-0.1, -0.05) is 25.1 Å². The number of para-hydroxylation sites is 1. The Labute approximate surface area is 180 Å². The Hall–Kier alpha value is -2.61. The van der Waals surface area contributed by atoms with Crippen LogP contribution in [0.2, 0.25) is 0 Å². The second-order valence-corrected chi connectivity index (χ2v) is 8.21. The predicted octanol–water partition coefficient (Wildman–Crippen LogP) is 4.59. The van der Waals surface area contributed by atoms with E-state index in [2.05, 4.69) is 29.3 Å². The highest BCUT2D eigenvalue weighted by molar-refractivity contribution is 7.16. The minimum atomic E-state index is -0.244. The van der Waals surface area contributed by atoms with Crippen LogP contribution in [0.15, 0.2) is 53.1 Å². The highest BCUT2D eigenvalue weighted by atomic mass is 32.1. The Bertz CT molecular complexity index is 977. The van der Waals surface area contributed by atoms with Crippen molar-refractivity contribution >= 4 is 22.2 Å². The summed E-state index contributed by atoms with van der Waals surface area (Å²) in [4.78, 5) is 16.3. The maximum absolute atomic E-state index is 12.7. The lowest BCUT2D eigenvalue weighted by Crippen LogP contribution is -2.39.